The van der Waals surface area contributed by atoms with Crippen LogP contribution < -0.4 is 15.5 Å². The summed E-state index contributed by atoms with van der Waals surface area (Å²) >= 11 is 0. The fourth-order valence-electron chi connectivity index (χ4n) is 3.85. The van der Waals surface area contributed by atoms with Gasteiger partial charge in [-0.2, -0.15) is 0 Å². The monoisotopic (exact) mass is 373 g/mol. The summed E-state index contributed by atoms with van der Waals surface area (Å²) in [6, 6.07) is 10.7. The van der Waals surface area contributed by atoms with Crippen molar-refractivity contribution in [2.24, 2.45) is 4.99 Å². The molecule has 0 saturated carbocycles. The molecule has 1 unspecified atom stereocenters. The number of para-hydroxylation sites is 1. The molecule has 1 atom stereocenters. The standard InChI is InChI=1S/C21H35N5O/c1-21(10-6-17-27-21)18-24-20(22-2)23-11-7-12-25-13-15-26(16-14-25)19-8-4-3-5-9-19/h3-5,8-9H,6-7,10-18H2,1-2H3,(H2,22,23,24). The van der Waals surface area contributed by atoms with E-state index in [0.29, 0.717) is 0 Å². The van der Waals surface area contributed by atoms with Gasteiger partial charge in [-0.1, -0.05) is 18.2 Å². The Bertz CT molecular complexity index is 577. The number of nitrogens with zero attached hydrogens (tertiary/aromatic N) is 3. The minimum Gasteiger partial charge on any atom is -0.373 e. The van der Waals surface area contributed by atoms with Crippen molar-refractivity contribution in [1.82, 2.24) is 15.5 Å². The third kappa shape index (κ3) is 6.11. The number of nitrogens with one attached hydrogen (secondary N) is 2. The van der Waals surface area contributed by atoms with Gasteiger partial charge >= 0.3 is 0 Å². The maximum absolute atomic E-state index is 5.83. The number of anilines is 1. The lowest BCUT2D eigenvalue weighted by molar-refractivity contribution is 0.0243. The molecule has 3 rings (SSSR count). The number of ether oxygens (including phenoxy) is 1. The average Bonchev–Trinajstić information content (AvgIpc) is 3.15. The van der Waals surface area contributed by atoms with Gasteiger partial charge in [-0.05, 0) is 44.9 Å². The smallest absolute Gasteiger partial charge is 0.191 e. The maximum Gasteiger partial charge on any atom is 0.191 e. The summed E-state index contributed by atoms with van der Waals surface area (Å²) in [5, 5.41) is 6.84. The van der Waals surface area contributed by atoms with Crippen LogP contribution >= 0.6 is 0 Å². The fraction of sp³-hybridized carbons (Fsp3) is 0.667. The molecular formula is C21H35N5O. The van der Waals surface area contributed by atoms with Crippen molar-refractivity contribution in [3.05, 3.63) is 30.3 Å². The zero-order valence-corrected chi connectivity index (χ0v) is 16.9. The van der Waals surface area contributed by atoms with Gasteiger partial charge in [0.1, 0.15) is 0 Å². The maximum atomic E-state index is 5.83. The minimum absolute atomic E-state index is 0.0456. The van der Waals surface area contributed by atoms with Gasteiger partial charge in [0, 0.05) is 58.6 Å². The van der Waals surface area contributed by atoms with Crippen LogP contribution in [-0.4, -0.2) is 75.9 Å². The van der Waals surface area contributed by atoms with Crippen LogP contribution in [0.5, 0.6) is 0 Å². The van der Waals surface area contributed by atoms with Crippen LogP contribution in [0.15, 0.2) is 35.3 Å². The Morgan fingerprint density at radius 3 is 2.59 bits per heavy atom. The molecule has 0 bridgehead atoms. The van der Waals surface area contributed by atoms with Gasteiger partial charge in [0.05, 0.1) is 5.60 Å². The predicted molar refractivity (Wildman–Crippen MR) is 113 cm³/mol. The molecule has 150 valence electrons. The van der Waals surface area contributed by atoms with Crippen LogP contribution in [0.4, 0.5) is 5.69 Å². The van der Waals surface area contributed by atoms with Crippen LogP contribution in [0.1, 0.15) is 26.2 Å². The van der Waals surface area contributed by atoms with Gasteiger partial charge in [-0.3, -0.25) is 9.89 Å². The molecule has 2 N–H and O–H groups in total. The summed E-state index contributed by atoms with van der Waals surface area (Å²) in [6.07, 6.45) is 3.40. The second-order valence-corrected chi connectivity index (χ2v) is 7.77. The van der Waals surface area contributed by atoms with Crippen LogP contribution in [0.25, 0.3) is 0 Å². The Kier molecular flexibility index (Phi) is 7.35. The Morgan fingerprint density at radius 1 is 1.15 bits per heavy atom. The first-order chi connectivity index (χ1) is 13.2. The molecule has 1 aromatic rings. The first-order valence-corrected chi connectivity index (χ1v) is 10.3. The SMILES string of the molecule is CN=C(NCCCN1CCN(c2ccccc2)CC1)NCC1(C)CCCO1. The van der Waals surface area contributed by atoms with Gasteiger partial charge in [-0.25, -0.2) is 0 Å². The largest absolute Gasteiger partial charge is 0.373 e. The van der Waals surface area contributed by atoms with Gasteiger partial charge in [0.2, 0.25) is 0 Å². The number of aliphatic imine (C=N–C) groups is 1. The van der Waals surface area contributed by atoms with E-state index in [0.717, 1.165) is 77.6 Å². The molecule has 0 aliphatic carbocycles. The van der Waals surface area contributed by atoms with Crippen molar-refractivity contribution in [3.63, 3.8) is 0 Å². The fourth-order valence-corrected chi connectivity index (χ4v) is 3.85. The molecule has 1 aromatic carbocycles. The van der Waals surface area contributed by atoms with E-state index >= 15 is 0 Å². The summed E-state index contributed by atoms with van der Waals surface area (Å²) in [5.74, 6) is 0.876. The van der Waals surface area contributed by atoms with Crippen LogP contribution in [-0.2, 0) is 4.74 Å². The highest BCUT2D eigenvalue weighted by Crippen LogP contribution is 2.23. The summed E-state index contributed by atoms with van der Waals surface area (Å²) in [4.78, 5) is 9.37. The Balaban J connectivity index is 1.28. The number of hydrogen-bond acceptors (Lipinski definition) is 4. The zero-order chi connectivity index (χ0) is 19.0. The van der Waals surface area contributed by atoms with E-state index in [1.165, 1.54) is 5.69 Å². The van der Waals surface area contributed by atoms with E-state index in [9.17, 15) is 0 Å². The van der Waals surface area contributed by atoms with Gasteiger partial charge in [0.25, 0.3) is 0 Å². The number of hydrogen-bond donors (Lipinski definition) is 2. The van der Waals surface area contributed by atoms with Crippen LogP contribution in [0, 0.1) is 0 Å². The quantitative estimate of drug-likeness (QED) is 0.435. The highest BCUT2D eigenvalue weighted by molar-refractivity contribution is 5.79. The molecule has 0 radical (unpaired) electrons. The van der Waals surface area contributed by atoms with Crippen molar-refractivity contribution >= 4 is 11.6 Å². The Labute approximate surface area is 164 Å². The molecule has 27 heavy (non-hydrogen) atoms. The van der Waals surface area contributed by atoms with Crippen molar-refractivity contribution in [2.45, 2.75) is 31.8 Å². The minimum atomic E-state index is -0.0456. The predicted octanol–water partition coefficient (Wildman–Crippen LogP) is 1.93. The second kappa shape index (κ2) is 9.95. The molecule has 2 aliphatic rings. The summed E-state index contributed by atoms with van der Waals surface area (Å²) in [6.45, 7) is 10.4. The Hall–Kier alpha value is -1.79. The molecule has 0 amide bonds. The van der Waals surface area contributed by atoms with Gasteiger partial charge < -0.3 is 20.3 Å². The van der Waals surface area contributed by atoms with E-state index in [1.807, 2.05) is 7.05 Å². The van der Waals surface area contributed by atoms with Crippen LogP contribution in [0.3, 0.4) is 0 Å². The lowest BCUT2D eigenvalue weighted by Gasteiger charge is -2.36. The van der Waals surface area contributed by atoms with E-state index in [-0.39, 0.29) is 5.60 Å². The number of piperazine rings is 1. The molecule has 2 heterocycles. The van der Waals surface area contributed by atoms with Crippen molar-refractivity contribution in [3.8, 4) is 0 Å². The van der Waals surface area contributed by atoms with Crippen molar-refractivity contribution in [2.75, 3.05) is 64.4 Å². The highest BCUT2D eigenvalue weighted by atomic mass is 16.5. The lowest BCUT2D eigenvalue weighted by atomic mass is 10.0. The molecule has 2 aliphatic heterocycles. The molecular weight excluding hydrogens is 338 g/mol. The number of guanidine groups is 1. The number of benzene rings is 1. The molecule has 0 aromatic heterocycles. The topological polar surface area (TPSA) is 52.1 Å². The zero-order valence-electron chi connectivity index (χ0n) is 16.9. The highest BCUT2D eigenvalue weighted by Gasteiger charge is 2.29. The van der Waals surface area contributed by atoms with Crippen molar-refractivity contribution in [1.29, 1.82) is 0 Å². The van der Waals surface area contributed by atoms with E-state index in [2.05, 4.69) is 62.7 Å². The second-order valence-electron chi connectivity index (χ2n) is 7.77. The number of rotatable bonds is 7. The summed E-state index contributed by atoms with van der Waals surface area (Å²) in [5.41, 5.74) is 1.30. The van der Waals surface area contributed by atoms with E-state index in [1.54, 1.807) is 0 Å². The lowest BCUT2D eigenvalue weighted by Crippen LogP contribution is -2.48. The molecule has 2 fully saturated rings. The van der Waals surface area contributed by atoms with E-state index in [4.69, 9.17) is 4.74 Å². The molecule has 6 nitrogen and oxygen atoms in total. The first-order valence-electron chi connectivity index (χ1n) is 10.3. The van der Waals surface area contributed by atoms with Gasteiger partial charge in [0.15, 0.2) is 5.96 Å². The molecule has 0 spiro atoms. The molecule has 2 saturated heterocycles. The average molecular weight is 374 g/mol. The third-order valence-corrected chi connectivity index (χ3v) is 5.59. The van der Waals surface area contributed by atoms with Crippen LogP contribution in [0.2, 0.25) is 0 Å². The molecule has 6 heteroatoms. The summed E-state index contributed by atoms with van der Waals surface area (Å²) in [7, 11) is 1.83. The third-order valence-electron chi connectivity index (χ3n) is 5.59. The Morgan fingerprint density at radius 2 is 1.93 bits per heavy atom. The van der Waals surface area contributed by atoms with E-state index < -0.39 is 0 Å². The van der Waals surface area contributed by atoms with Crippen molar-refractivity contribution < 1.29 is 4.74 Å². The van der Waals surface area contributed by atoms with Gasteiger partial charge in [-0.15, -0.1) is 0 Å². The normalized spacial score (nSPS) is 24.2. The first kappa shape index (κ1) is 20.0. The summed E-state index contributed by atoms with van der Waals surface area (Å²) < 4.78 is 5.83.